The minimum absolute atomic E-state index is 0.0641. The number of hydrogen-bond donors (Lipinski definition) is 2. The van der Waals surface area contributed by atoms with Crippen LogP contribution in [0.5, 0.6) is 0 Å². The lowest BCUT2D eigenvalue weighted by atomic mass is 10.2. The van der Waals surface area contributed by atoms with Crippen molar-refractivity contribution in [2.45, 2.75) is 18.4 Å². The highest BCUT2D eigenvalue weighted by molar-refractivity contribution is 7.92. The molecule has 0 saturated carbocycles. The SMILES string of the molecule is Cc1ccccc1NS(=O)(=O)c1ccc(Cl)c(CO)c1. The largest absolute Gasteiger partial charge is 0.392 e. The van der Waals surface area contributed by atoms with Gasteiger partial charge >= 0.3 is 0 Å². The Kier molecular flexibility index (Phi) is 4.32. The molecule has 2 aromatic carbocycles. The molecular formula is C14H14ClNO3S. The summed E-state index contributed by atoms with van der Waals surface area (Å²) in [4.78, 5) is 0.0641. The standard InChI is InChI=1S/C14H14ClNO3S/c1-10-4-2-3-5-14(10)16-20(18,19)12-6-7-13(15)11(8-12)9-17/h2-8,16-17H,9H2,1H3. The van der Waals surface area contributed by atoms with E-state index in [0.717, 1.165) is 5.56 Å². The molecule has 2 rings (SSSR count). The number of rotatable bonds is 4. The lowest BCUT2D eigenvalue weighted by molar-refractivity contribution is 0.281. The van der Waals surface area contributed by atoms with Crippen molar-refractivity contribution in [1.29, 1.82) is 0 Å². The second-order valence-electron chi connectivity index (χ2n) is 4.33. The summed E-state index contributed by atoms with van der Waals surface area (Å²) >= 11 is 5.86. The molecule has 0 saturated heterocycles. The molecular weight excluding hydrogens is 298 g/mol. The predicted molar refractivity (Wildman–Crippen MR) is 79.4 cm³/mol. The monoisotopic (exact) mass is 311 g/mol. The zero-order valence-corrected chi connectivity index (χ0v) is 12.4. The van der Waals surface area contributed by atoms with E-state index in [-0.39, 0.29) is 11.5 Å². The van der Waals surface area contributed by atoms with E-state index in [2.05, 4.69) is 4.72 Å². The van der Waals surface area contributed by atoms with Crippen molar-refractivity contribution in [2.75, 3.05) is 4.72 Å². The topological polar surface area (TPSA) is 66.4 Å². The Hall–Kier alpha value is -1.56. The number of halogens is 1. The zero-order chi connectivity index (χ0) is 14.8. The van der Waals surface area contributed by atoms with E-state index in [4.69, 9.17) is 16.7 Å². The molecule has 2 aromatic rings. The van der Waals surface area contributed by atoms with E-state index in [1.807, 2.05) is 19.1 Å². The molecule has 0 radical (unpaired) electrons. The minimum atomic E-state index is -3.70. The van der Waals surface area contributed by atoms with E-state index >= 15 is 0 Å². The van der Waals surface area contributed by atoms with Crippen molar-refractivity contribution in [3.8, 4) is 0 Å². The number of hydrogen-bond acceptors (Lipinski definition) is 3. The summed E-state index contributed by atoms with van der Waals surface area (Å²) in [6.07, 6.45) is 0. The van der Waals surface area contributed by atoms with Gasteiger partial charge in [0.1, 0.15) is 0 Å². The van der Waals surface area contributed by atoms with Gasteiger partial charge in [-0.1, -0.05) is 29.8 Å². The van der Waals surface area contributed by atoms with Gasteiger partial charge in [0.05, 0.1) is 17.2 Å². The van der Waals surface area contributed by atoms with E-state index < -0.39 is 10.0 Å². The van der Waals surface area contributed by atoms with Crippen LogP contribution in [0.15, 0.2) is 47.4 Å². The highest BCUT2D eigenvalue weighted by Gasteiger charge is 2.16. The molecule has 0 fully saturated rings. The van der Waals surface area contributed by atoms with Crippen molar-refractivity contribution in [2.24, 2.45) is 0 Å². The van der Waals surface area contributed by atoms with Gasteiger partial charge in [-0.3, -0.25) is 4.72 Å². The van der Waals surface area contributed by atoms with Gasteiger partial charge in [-0.2, -0.15) is 0 Å². The van der Waals surface area contributed by atoms with Crippen LogP contribution in [0.3, 0.4) is 0 Å². The van der Waals surface area contributed by atoms with E-state index in [0.29, 0.717) is 16.3 Å². The van der Waals surface area contributed by atoms with Crippen LogP contribution in [0, 0.1) is 6.92 Å². The second kappa shape index (κ2) is 5.83. The van der Waals surface area contributed by atoms with Gasteiger partial charge in [0, 0.05) is 5.02 Å². The van der Waals surface area contributed by atoms with Gasteiger partial charge in [0.15, 0.2) is 0 Å². The van der Waals surface area contributed by atoms with Crippen LogP contribution >= 0.6 is 11.6 Å². The van der Waals surface area contributed by atoms with E-state index in [1.165, 1.54) is 18.2 Å². The Morgan fingerprint density at radius 1 is 1.20 bits per heavy atom. The van der Waals surface area contributed by atoms with Crippen LogP contribution < -0.4 is 4.72 Å². The van der Waals surface area contributed by atoms with Crippen molar-refractivity contribution in [3.63, 3.8) is 0 Å². The molecule has 0 aromatic heterocycles. The Balaban J connectivity index is 2.38. The fourth-order valence-electron chi connectivity index (χ4n) is 1.73. The third kappa shape index (κ3) is 3.12. The van der Waals surface area contributed by atoms with Crippen LogP contribution in [0.4, 0.5) is 5.69 Å². The summed E-state index contributed by atoms with van der Waals surface area (Å²) in [5, 5.41) is 9.48. The Labute approximate surface area is 123 Å². The number of aliphatic hydroxyl groups excluding tert-OH is 1. The highest BCUT2D eigenvalue weighted by Crippen LogP contribution is 2.23. The second-order valence-corrected chi connectivity index (χ2v) is 6.42. The van der Waals surface area contributed by atoms with Crippen LogP contribution in [0.1, 0.15) is 11.1 Å². The first kappa shape index (κ1) is 14.8. The summed E-state index contributed by atoms with van der Waals surface area (Å²) in [6.45, 7) is 1.51. The number of aliphatic hydroxyl groups is 1. The average Bonchev–Trinajstić information content (AvgIpc) is 2.41. The fourth-order valence-corrected chi connectivity index (χ4v) is 3.09. The van der Waals surface area contributed by atoms with Crippen LogP contribution in [-0.2, 0) is 16.6 Å². The third-order valence-electron chi connectivity index (χ3n) is 2.89. The first-order valence-corrected chi connectivity index (χ1v) is 7.78. The van der Waals surface area contributed by atoms with Crippen molar-refractivity contribution in [1.82, 2.24) is 0 Å². The maximum Gasteiger partial charge on any atom is 0.261 e. The Morgan fingerprint density at radius 3 is 2.55 bits per heavy atom. The quantitative estimate of drug-likeness (QED) is 0.912. The molecule has 0 bridgehead atoms. The maximum atomic E-state index is 12.3. The van der Waals surface area contributed by atoms with E-state index in [1.54, 1.807) is 12.1 Å². The molecule has 0 aliphatic carbocycles. The van der Waals surface area contributed by atoms with Crippen LogP contribution in [-0.4, -0.2) is 13.5 Å². The number of para-hydroxylation sites is 1. The molecule has 4 nitrogen and oxygen atoms in total. The number of sulfonamides is 1. The van der Waals surface area contributed by atoms with Gasteiger partial charge in [0.2, 0.25) is 0 Å². The predicted octanol–water partition coefficient (Wildman–Crippen LogP) is 2.94. The first-order valence-electron chi connectivity index (χ1n) is 5.92. The molecule has 0 spiro atoms. The highest BCUT2D eigenvalue weighted by atomic mass is 35.5. The summed E-state index contributed by atoms with van der Waals surface area (Å²) in [7, 11) is -3.70. The molecule has 6 heteroatoms. The van der Waals surface area contributed by atoms with Gasteiger partial charge in [-0.15, -0.1) is 0 Å². The third-order valence-corrected chi connectivity index (χ3v) is 4.62. The number of anilines is 1. The molecule has 2 N–H and O–H groups in total. The number of aryl methyl sites for hydroxylation is 1. The van der Waals surface area contributed by atoms with Crippen molar-refractivity contribution < 1.29 is 13.5 Å². The normalized spacial score (nSPS) is 11.3. The molecule has 0 aliphatic rings. The molecule has 0 amide bonds. The lowest BCUT2D eigenvalue weighted by Gasteiger charge is -2.11. The molecule has 0 unspecified atom stereocenters. The molecule has 20 heavy (non-hydrogen) atoms. The average molecular weight is 312 g/mol. The lowest BCUT2D eigenvalue weighted by Crippen LogP contribution is -2.14. The summed E-state index contributed by atoms with van der Waals surface area (Å²) < 4.78 is 27.1. The zero-order valence-electron chi connectivity index (χ0n) is 10.8. The Morgan fingerprint density at radius 2 is 1.90 bits per heavy atom. The minimum Gasteiger partial charge on any atom is -0.392 e. The molecule has 106 valence electrons. The summed E-state index contributed by atoms with van der Waals surface area (Å²) in [6, 6.07) is 11.3. The molecule has 0 atom stereocenters. The fraction of sp³-hybridized carbons (Fsp3) is 0.143. The van der Waals surface area contributed by atoms with E-state index in [9.17, 15) is 8.42 Å². The van der Waals surface area contributed by atoms with Gasteiger partial charge < -0.3 is 5.11 Å². The van der Waals surface area contributed by atoms with Gasteiger partial charge in [-0.05, 0) is 42.3 Å². The Bertz CT molecular complexity index is 729. The van der Waals surface area contributed by atoms with Crippen LogP contribution in [0.25, 0.3) is 0 Å². The maximum absolute atomic E-state index is 12.3. The van der Waals surface area contributed by atoms with Crippen LogP contribution in [0.2, 0.25) is 5.02 Å². The first-order chi connectivity index (χ1) is 9.44. The molecule has 0 aliphatic heterocycles. The van der Waals surface area contributed by atoms with Gasteiger partial charge in [0.25, 0.3) is 10.0 Å². The smallest absolute Gasteiger partial charge is 0.261 e. The van der Waals surface area contributed by atoms with Gasteiger partial charge in [-0.25, -0.2) is 8.42 Å². The number of nitrogens with one attached hydrogen (secondary N) is 1. The summed E-state index contributed by atoms with van der Waals surface area (Å²) in [5.74, 6) is 0. The van der Waals surface area contributed by atoms with Crippen molar-refractivity contribution in [3.05, 3.63) is 58.6 Å². The number of benzene rings is 2. The van der Waals surface area contributed by atoms with Crippen molar-refractivity contribution >= 4 is 27.3 Å². The molecule has 0 heterocycles. The summed E-state index contributed by atoms with van der Waals surface area (Å²) in [5.41, 5.74) is 1.72.